The van der Waals surface area contributed by atoms with Gasteiger partial charge in [0.25, 0.3) is 0 Å². The second kappa shape index (κ2) is 10.7. The van der Waals surface area contributed by atoms with Crippen LogP contribution in [0.1, 0.15) is 0 Å². The van der Waals surface area contributed by atoms with E-state index in [0.29, 0.717) is 0 Å². The molecule has 0 saturated carbocycles. The molecule has 0 aromatic rings. The first-order valence-corrected chi connectivity index (χ1v) is 4.19. The van der Waals surface area contributed by atoms with Crippen molar-refractivity contribution in [2.24, 2.45) is 0 Å². The Labute approximate surface area is 157 Å². The van der Waals surface area contributed by atoms with E-state index >= 15 is 0 Å². The van der Waals surface area contributed by atoms with E-state index in [1.165, 1.54) is 0 Å². The standard InChI is InChI=1S/C4H6O8S.3Na/c5-1(3(6)7)2(4(8)9)13(10,11)12;;;/h1-2,5H,(H,6,7)(H,8,9)(H,10,11,12);;;/q;3*+1/p-3. The number of aliphatic carboxylic acids is 2. The smallest absolute Gasteiger partial charge is 0.747 e. The second-order valence-corrected chi connectivity index (χ2v) is 3.49. The monoisotopic (exact) mass is 280 g/mol. The average molecular weight is 280 g/mol. The second-order valence-electron chi connectivity index (χ2n) is 2.00. The summed E-state index contributed by atoms with van der Waals surface area (Å²) in [4.78, 5) is 19.8. The van der Waals surface area contributed by atoms with E-state index in [2.05, 4.69) is 0 Å². The number of carbonyl (C=O) groups is 2. The van der Waals surface area contributed by atoms with Crippen LogP contribution < -0.4 is 98.9 Å². The third kappa shape index (κ3) is 8.84. The number of aliphatic hydroxyl groups excluding tert-OH is 1. The minimum Gasteiger partial charge on any atom is -0.747 e. The molecule has 76 valence electrons. The van der Waals surface area contributed by atoms with E-state index in [1.54, 1.807) is 0 Å². The first-order valence-electron chi connectivity index (χ1n) is 2.72. The molecule has 0 saturated heterocycles. The Morgan fingerprint density at radius 3 is 1.38 bits per heavy atom. The van der Waals surface area contributed by atoms with Gasteiger partial charge in [0.2, 0.25) is 0 Å². The summed E-state index contributed by atoms with van der Waals surface area (Å²) in [6, 6.07) is 0. The van der Waals surface area contributed by atoms with Gasteiger partial charge in [0.15, 0.2) is 0 Å². The molecule has 1 N–H and O–H groups in total. The minimum atomic E-state index is -5.49. The fraction of sp³-hybridized carbons (Fsp3) is 0.500. The van der Waals surface area contributed by atoms with Gasteiger partial charge in [-0.2, -0.15) is 0 Å². The molecule has 0 heterocycles. The summed E-state index contributed by atoms with van der Waals surface area (Å²) in [5.41, 5.74) is 0. The summed E-state index contributed by atoms with van der Waals surface area (Å²) in [5, 5.41) is 25.2. The third-order valence-corrected chi connectivity index (χ3v) is 2.14. The maximum Gasteiger partial charge on any atom is 1.00 e. The summed E-state index contributed by atoms with van der Waals surface area (Å²) in [5.74, 6) is -4.87. The van der Waals surface area contributed by atoms with Crippen molar-refractivity contribution in [2.45, 2.75) is 11.4 Å². The van der Waals surface area contributed by atoms with E-state index in [0.717, 1.165) is 0 Å². The fourth-order valence-corrected chi connectivity index (χ4v) is 1.19. The Kier molecular flexibility index (Phi) is 17.7. The largest absolute Gasteiger partial charge is 1.00 e. The van der Waals surface area contributed by atoms with Crippen LogP contribution >= 0.6 is 0 Å². The molecule has 16 heavy (non-hydrogen) atoms. The number of hydrogen-bond donors (Lipinski definition) is 1. The fourth-order valence-electron chi connectivity index (χ4n) is 0.528. The topological polar surface area (TPSA) is 158 Å². The average Bonchev–Trinajstić information content (AvgIpc) is 1.82. The van der Waals surface area contributed by atoms with Gasteiger partial charge in [-0.15, -0.1) is 0 Å². The van der Waals surface area contributed by atoms with Gasteiger partial charge in [0.1, 0.15) is 21.5 Å². The first kappa shape index (κ1) is 26.4. The van der Waals surface area contributed by atoms with Crippen LogP contribution in [0.5, 0.6) is 0 Å². The Morgan fingerprint density at radius 1 is 1.00 bits per heavy atom. The zero-order valence-corrected chi connectivity index (χ0v) is 15.7. The summed E-state index contributed by atoms with van der Waals surface area (Å²) >= 11 is 0. The van der Waals surface area contributed by atoms with Gasteiger partial charge in [-0.05, 0) is 0 Å². The van der Waals surface area contributed by atoms with Crippen LogP contribution in [-0.4, -0.2) is 41.4 Å². The van der Waals surface area contributed by atoms with Gasteiger partial charge >= 0.3 is 88.7 Å². The van der Waals surface area contributed by atoms with Crippen molar-refractivity contribution in [1.29, 1.82) is 0 Å². The molecule has 0 aliphatic rings. The zero-order valence-electron chi connectivity index (χ0n) is 8.87. The van der Waals surface area contributed by atoms with Crippen LogP contribution in [0.2, 0.25) is 0 Å². The number of aliphatic hydroxyl groups is 1. The van der Waals surface area contributed by atoms with Crippen molar-refractivity contribution in [2.75, 3.05) is 0 Å². The van der Waals surface area contributed by atoms with E-state index in [-0.39, 0.29) is 88.7 Å². The van der Waals surface area contributed by atoms with Crippen molar-refractivity contribution in [3.63, 3.8) is 0 Å². The van der Waals surface area contributed by atoms with Crippen LogP contribution in [0.4, 0.5) is 0 Å². The zero-order chi connectivity index (χ0) is 10.8. The summed E-state index contributed by atoms with van der Waals surface area (Å²) in [7, 11) is -5.49. The molecule has 12 heteroatoms. The van der Waals surface area contributed by atoms with Crippen LogP contribution in [0.25, 0.3) is 0 Å². The molecule has 0 rings (SSSR count). The van der Waals surface area contributed by atoms with Gasteiger partial charge < -0.3 is 29.5 Å². The Bertz CT molecular complexity index is 326. The normalized spacial score (nSPS) is 13.1. The van der Waals surface area contributed by atoms with E-state index in [9.17, 15) is 32.8 Å². The quantitative estimate of drug-likeness (QED) is 0.392. The van der Waals surface area contributed by atoms with E-state index < -0.39 is 33.4 Å². The Balaban J connectivity index is -0.000000240. The van der Waals surface area contributed by atoms with Gasteiger partial charge in [0, 0.05) is 0 Å². The Hall–Kier alpha value is 1.81. The maximum atomic E-state index is 10.1. The van der Waals surface area contributed by atoms with Crippen molar-refractivity contribution in [3.05, 3.63) is 0 Å². The van der Waals surface area contributed by atoms with Gasteiger partial charge in [-0.3, -0.25) is 0 Å². The molecule has 0 aromatic heterocycles. The molecule has 0 aliphatic heterocycles. The number of hydrogen-bond acceptors (Lipinski definition) is 8. The number of carbonyl (C=O) groups excluding carboxylic acids is 2. The molecular weight excluding hydrogens is 277 g/mol. The molecule has 0 radical (unpaired) electrons. The van der Waals surface area contributed by atoms with Crippen LogP contribution in [-0.2, 0) is 19.7 Å². The number of carboxylic acid groups (broad SMARTS) is 2. The minimum absolute atomic E-state index is 0. The van der Waals surface area contributed by atoms with Crippen molar-refractivity contribution >= 4 is 22.1 Å². The van der Waals surface area contributed by atoms with Crippen molar-refractivity contribution < 1.29 is 127 Å². The molecule has 2 unspecified atom stereocenters. The van der Waals surface area contributed by atoms with E-state index in [1.807, 2.05) is 0 Å². The van der Waals surface area contributed by atoms with Crippen LogP contribution in [0.15, 0.2) is 0 Å². The van der Waals surface area contributed by atoms with E-state index in [4.69, 9.17) is 5.11 Å². The molecule has 0 aromatic carbocycles. The van der Waals surface area contributed by atoms with Gasteiger partial charge in [-0.25, -0.2) is 8.42 Å². The van der Waals surface area contributed by atoms with Crippen LogP contribution in [0.3, 0.4) is 0 Å². The summed E-state index contributed by atoms with van der Waals surface area (Å²) in [6.45, 7) is 0. The predicted octanol–water partition coefficient (Wildman–Crippen LogP) is -14.2. The Morgan fingerprint density at radius 2 is 1.31 bits per heavy atom. The molecule has 0 aliphatic carbocycles. The molecule has 2 atom stereocenters. The number of carboxylic acids is 2. The summed E-state index contributed by atoms with van der Waals surface area (Å²) < 4.78 is 30.3. The molecule has 0 spiro atoms. The van der Waals surface area contributed by atoms with Crippen LogP contribution in [0, 0.1) is 0 Å². The first-order chi connectivity index (χ1) is 5.68. The molecule has 8 nitrogen and oxygen atoms in total. The molecule has 0 fully saturated rings. The molecular formula is C4H3Na3O8S. The predicted molar refractivity (Wildman–Crippen MR) is 29.5 cm³/mol. The SMILES string of the molecule is O=C([O-])C(O)C(C(=O)[O-])S(=O)(=O)[O-].[Na+].[Na+].[Na+]. The van der Waals surface area contributed by atoms with Gasteiger partial charge in [-0.1, -0.05) is 0 Å². The number of rotatable bonds is 4. The third-order valence-electron chi connectivity index (χ3n) is 1.07. The molecule has 0 bridgehead atoms. The summed E-state index contributed by atoms with van der Waals surface area (Å²) in [6.07, 6.45) is -2.94. The van der Waals surface area contributed by atoms with Crippen molar-refractivity contribution in [3.8, 4) is 0 Å². The van der Waals surface area contributed by atoms with Gasteiger partial charge in [0.05, 0.1) is 11.9 Å². The maximum absolute atomic E-state index is 10.1. The van der Waals surface area contributed by atoms with Crippen molar-refractivity contribution in [1.82, 2.24) is 0 Å². The molecule has 0 amide bonds.